The van der Waals surface area contributed by atoms with Gasteiger partial charge in [-0.05, 0) is 17.7 Å². The van der Waals surface area contributed by atoms with Crippen molar-refractivity contribution >= 4 is 5.97 Å². The summed E-state index contributed by atoms with van der Waals surface area (Å²) in [7, 11) is 0. The van der Waals surface area contributed by atoms with Crippen LogP contribution in [0.15, 0.2) is 18.2 Å². The minimum Gasteiger partial charge on any atom is -0.478 e. The zero-order chi connectivity index (χ0) is 8.27. The van der Waals surface area contributed by atoms with Gasteiger partial charge in [-0.3, -0.25) is 0 Å². The molecule has 0 atom stereocenters. The number of aromatic carboxylic acids is 1. The normalized spacial score (nSPS) is 9.55. The molecule has 3 heteroatoms. The van der Waals surface area contributed by atoms with E-state index in [1.807, 2.05) is 0 Å². The summed E-state index contributed by atoms with van der Waals surface area (Å²) in [6, 6.07) is 7.41. The van der Waals surface area contributed by atoms with Gasteiger partial charge in [-0.2, -0.15) is 0 Å². The first-order valence-electron chi connectivity index (χ1n) is 3.18. The number of hydrogen-bond acceptors (Lipinski definition) is 2. The molecule has 0 aliphatic heterocycles. The molecule has 57 valence electrons. The Morgan fingerprint density at radius 3 is 3.00 bits per heavy atom. The van der Waals surface area contributed by atoms with E-state index in [9.17, 15) is 4.79 Å². The Bertz CT molecular complexity index is 271. The maximum Gasteiger partial charge on any atom is 0.336 e. The van der Waals surface area contributed by atoms with E-state index in [0.717, 1.165) is 5.56 Å². The van der Waals surface area contributed by atoms with Gasteiger partial charge < -0.3 is 10.8 Å². The van der Waals surface area contributed by atoms with Crippen LogP contribution in [0, 0.1) is 6.07 Å². The van der Waals surface area contributed by atoms with Crippen molar-refractivity contribution in [1.82, 2.24) is 0 Å². The summed E-state index contributed by atoms with van der Waals surface area (Å²) < 4.78 is 0. The molecule has 1 rings (SSSR count). The highest BCUT2D eigenvalue weighted by atomic mass is 16.4. The molecule has 0 saturated heterocycles. The summed E-state index contributed by atoms with van der Waals surface area (Å²) in [4.78, 5) is 10.4. The van der Waals surface area contributed by atoms with E-state index in [-0.39, 0.29) is 5.56 Å². The van der Waals surface area contributed by atoms with Crippen LogP contribution in [0.5, 0.6) is 0 Å². The first-order valence-corrected chi connectivity index (χ1v) is 3.18. The Morgan fingerprint density at radius 1 is 1.73 bits per heavy atom. The van der Waals surface area contributed by atoms with E-state index in [1.165, 1.54) is 6.07 Å². The quantitative estimate of drug-likeness (QED) is 0.650. The molecule has 0 aromatic heterocycles. The lowest BCUT2D eigenvalue weighted by Crippen LogP contribution is -2.00. The molecule has 1 aromatic rings. The molecule has 0 saturated carbocycles. The Balaban J connectivity index is 3.01. The van der Waals surface area contributed by atoms with Crippen LogP contribution in [0.1, 0.15) is 15.9 Å². The zero-order valence-electron chi connectivity index (χ0n) is 5.87. The van der Waals surface area contributed by atoms with Gasteiger partial charge in [0.2, 0.25) is 0 Å². The summed E-state index contributed by atoms with van der Waals surface area (Å²) >= 11 is 0. The minimum atomic E-state index is -0.972. The van der Waals surface area contributed by atoms with Crippen LogP contribution in [0.4, 0.5) is 0 Å². The topological polar surface area (TPSA) is 63.3 Å². The second kappa shape index (κ2) is 3.16. The highest BCUT2D eigenvalue weighted by Crippen LogP contribution is 2.02. The van der Waals surface area contributed by atoms with Gasteiger partial charge in [0, 0.05) is 6.54 Å². The van der Waals surface area contributed by atoms with Gasteiger partial charge in [-0.25, -0.2) is 4.79 Å². The van der Waals surface area contributed by atoms with E-state index in [4.69, 9.17) is 10.8 Å². The minimum absolute atomic E-state index is 0.160. The van der Waals surface area contributed by atoms with Crippen LogP contribution < -0.4 is 5.73 Å². The molecule has 1 aromatic carbocycles. The zero-order valence-corrected chi connectivity index (χ0v) is 5.87. The Morgan fingerprint density at radius 2 is 2.45 bits per heavy atom. The molecule has 0 aliphatic carbocycles. The van der Waals surface area contributed by atoms with E-state index < -0.39 is 5.97 Å². The molecule has 0 spiro atoms. The van der Waals surface area contributed by atoms with Crippen molar-refractivity contribution in [2.45, 2.75) is 6.54 Å². The van der Waals surface area contributed by atoms with Crippen LogP contribution >= 0.6 is 0 Å². The largest absolute Gasteiger partial charge is 0.478 e. The third-order valence-corrected chi connectivity index (χ3v) is 1.33. The summed E-state index contributed by atoms with van der Waals surface area (Å²) in [5.74, 6) is -0.972. The van der Waals surface area contributed by atoms with Gasteiger partial charge in [0.05, 0.1) is 5.56 Å². The van der Waals surface area contributed by atoms with E-state index in [1.54, 1.807) is 12.1 Å². The van der Waals surface area contributed by atoms with Gasteiger partial charge in [0.1, 0.15) is 0 Å². The van der Waals surface area contributed by atoms with Gasteiger partial charge in [-0.15, -0.1) is 0 Å². The fraction of sp³-hybridized carbons (Fsp3) is 0.125. The van der Waals surface area contributed by atoms with Crippen LogP contribution in [0.3, 0.4) is 0 Å². The lowest BCUT2D eigenvalue weighted by molar-refractivity contribution is 0.0696. The van der Waals surface area contributed by atoms with Crippen molar-refractivity contribution in [3.8, 4) is 0 Å². The third-order valence-electron chi connectivity index (χ3n) is 1.33. The maximum atomic E-state index is 10.4. The number of benzene rings is 1. The highest BCUT2D eigenvalue weighted by molar-refractivity contribution is 5.87. The van der Waals surface area contributed by atoms with E-state index >= 15 is 0 Å². The molecular formula is C8H8NO2. The fourth-order valence-electron chi connectivity index (χ4n) is 0.764. The van der Waals surface area contributed by atoms with Gasteiger partial charge in [-0.1, -0.05) is 12.1 Å². The van der Waals surface area contributed by atoms with Gasteiger partial charge in [0.15, 0.2) is 0 Å². The van der Waals surface area contributed by atoms with Crippen molar-refractivity contribution in [3.05, 3.63) is 35.4 Å². The molecule has 11 heavy (non-hydrogen) atoms. The second-order valence-corrected chi connectivity index (χ2v) is 2.12. The molecule has 0 bridgehead atoms. The standard InChI is InChI=1S/C8H8NO2/c9-5-6-2-1-3-7(4-6)8(10)11/h1-2,4H,5,9H2,(H,10,11). The van der Waals surface area contributed by atoms with Gasteiger partial charge in [0.25, 0.3) is 0 Å². The first kappa shape index (κ1) is 7.75. The van der Waals surface area contributed by atoms with Crippen molar-refractivity contribution in [1.29, 1.82) is 0 Å². The SMILES string of the molecule is NCc1cc[c]c(C(=O)O)c1. The maximum absolute atomic E-state index is 10.4. The molecule has 3 N–H and O–H groups in total. The smallest absolute Gasteiger partial charge is 0.336 e. The first-order chi connectivity index (χ1) is 5.24. The lowest BCUT2D eigenvalue weighted by atomic mass is 10.1. The number of carboxylic acid groups (broad SMARTS) is 1. The summed E-state index contributed by atoms with van der Waals surface area (Å²) in [5, 5.41) is 8.53. The third kappa shape index (κ3) is 1.78. The predicted octanol–water partition coefficient (Wildman–Crippen LogP) is 0.644. The molecule has 1 radical (unpaired) electrons. The summed E-state index contributed by atoms with van der Waals surface area (Å²) in [6.07, 6.45) is 0. The van der Waals surface area contributed by atoms with Crippen LogP contribution in [0.2, 0.25) is 0 Å². The van der Waals surface area contributed by atoms with Crippen LogP contribution in [-0.2, 0) is 6.54 Å². The fourth-order valence-corrected chi connectivity index (χ4v) is 0.764. The lowest BCUT2D eigenvalue weighted by Gasteiger charge is -1.96. The van der Waals surface area contributed by atoms with Crippen LogP contribution in [0.25, 0.3) is 0 Å². The molecule has 3 nitrogen and oxygen atoms in total. The van der Waals surface area contributed by atoms with Crippen molar-refractivity contribution in [2.75, 3.05) is 0 Å². The number of carboxylic acids is 1. The molecule has 0 fully saturated rings. The predicted molar refractivity (Wildman–Crippen MR) is 40.1 cm³/mol. The average molecular weight is 150 g/mol. The number of rotatable bonds is 2. The summed E-state index contributed by atoms with van der Waals surface area (Å²) in [6.45, 7) is 0.356. The molecule has 0 amide bonds. The molecular weight excluding hydrogens is 142 g/mol. The molecule has 0 heterocycles. The second-order valence-electron chi connectivity index (χ2n) is 2.12. The Hall–Kier alpha value is -1.35. The average Bonchev–Trinajstić information content (AvgIpc) is 2.05. The number of carbonyl (C=O) groups is 1. The number of hydrogen-bond donors (Lipinski definition) is 2. The van der Waals surface area contributed by atoms with Crippen LogP contribution in [-0.4, -0.2) is 11.1 Å². The highest BCUT2D eigenvalue weighted by Gasteiger charge is 2.01. The van der Waals surface area contributed by atoms with Crippen molar-refractivity contribution in [3.63, 3.8) is 0 Å². The molecule has 0 aliphatic rings. The van der Waals surface area contributed by atoms with Gasteiger partial charge >= 0.3 is 5.97 Å². The molecule has 0 unspecified atom stereocenters. The monoisotopic (exact) mass is 150 g/mol. The number of nitrogens with two attached hydrogens (primary N) is 1. The van der Waals surface area contributed by atoms with Crippen molar-refractivity contribution < 1.29 is 9.90 Å². The van der Waals surface area contributed by atoms with E-state index in [2.05, 4.69) is 6.07 Å². The summed E-state index contributed by atoms with van der Waals surface area (Å²) in [5.41, 5.74) is 6.28. The van der Waals surface area contributed by atoms with Crippen molar-refractivity contribution in [2.24, 2.45) is 5.73 Å². The Labute approximate surface area is 64.5 Å². The van der Waals surface area contributed by atoms with E-state index in [0.29, 0.717) is 6.54 Å². The Kier molecular flexibility index (Phi) is 2.23.